The zero-order valence-corrected chi connectivity index (χ0v) is 21.8. The third kappa shape index (κ3) is 7.31. The minimum atomic E-state index is -0.589. The zero-order valence-electron chi connectivity index (χ0n) is 21.8. The Morgan fingerprint density at radius 3 is 2.26 bits per heavy atom. The minimum Gasteiger partial charge on any atom is -0.497 e. The molecule has 0 bridgehead atoms. The molecule has 3 rings (SSSR count). The van der Waals surface area contributed by atoms with Crippen LogP contribution in [0, 0.1) is 0 Å². The number of aromatic nitrogens is 2. The van der Waals surface area contributed by atoms with Gasteiger partial charge in [0.1, 0.15) is 17.2 Å². The second-order valence-electron chi connectivity index (χ2n) is 9.12. The van der Waals surface area contributed by atoms with Crippen LogP contribution in [0.3, 0.4) is 0 Å². The van der Waals surface area contributed by atoms with Crippen molar-refractivity contribution in [1.82, 2.24) is 14.7 Å². The van der Waals surface area contributed by atoms with Crippen LogP contribution >= 0.6 is 0 Å². The van der Waals surface area contributed by atoms with Gasteiger partial charge in [-0.1, -0.05) is 37.3 Å². The largest absolute Gasteiger partial charge is 0.497 e. The fourth-order valence-corrected chi connectivity index (χ4v) is 3.89. The Bertz CT molecular complexity index is 1030. The standard InChI is InChI=1S/C28H39N3O4/c1-7-21(4)31(17-23(32)19-34-20(2)3)18-26-27(22-11-9-8-10-12-22)29-30(5)28(26)35-25-15-13-24(33-6)14-16-25/h8-16,20-21,23,32H,7,17-19H2,1-6H3/t21-,23-/m0/s1. The summed E-state index contributed by atoms with van der Waals surface area (Å²) in [4.78, 5) is 2.28. The highest BCUT2D eigenvalue weighted by Gasteiger charge is 2.25. The van der Waals surface area contributed by atoms with Crippen LogP contribution in [0.25, 0.3) is 11.3 Å². The number of aliphatic hydroxyl groups excluding tert-OH is 1. The van der Waals surface area contributed by atoms with Crippen LogP contribution in [0.15, 0.2) is 54.6 Å². The van der Waals surface area contributed by atoms with Crippen molar-refractivity contribution >= 4 is 0 Å². The SMILES string of the molecule is CC[C@H](C)N(Cc1c(-c2ccccc2)nn(C)c1Oc1ccc(OC)cc1)C[C@H](O)COC(C)C. The first kappa shape index (κ1) is 26.7. The van der Waals surface area contributed by atoms with Crippen molar-refractivity contribution in [2.24, 2.45) is 7.05 Å². The molecule has 0 fully saturated rings. The molecule has 0 unspecified atom stereocenters. The van der Waals surface area contributed by atoms with Crippen molar-refractivity contribution in [3.8, 4) is 28.6 Å². The first-order valence-corrected chi connectivity index (χ1v) is 12.3. The molecule has 190 valence electrons. The normalized spacial score (nSPS) is 13.3. The molecule has 35 heavy (non-hydrogen) atoms. The smallest absolute Gasteiger partial charge is 0.222 e. The highest BCUT2D eigenvalue weighted by atomic mass is 16.5. The third-order valence-corrected chi connectivity index (χ3v) is 6.05. The number of benzene rings is 2. The molecule has 0 spiro atoms. The predicted molar refractivity (Wildman–Crippen MR) is 139 cm³/mol. The van der Waals surface area contributed by atoms with Crippen LogP contribution < -0.4 is 9.47 Å². The molecule has 0 amide bonds. The number of rotatable bonds is 13. The maximum atomic E-state index is 10.7. The number of aliphatic hydroxyl groups is 1. The molecule has 1 aromatic heterocycles. The van der Waals surface area contributed by atoms with Gasteiger partial charge in [0.2, 0.25) is 5.88 Å². The Balaban J connectivity index is 1.96. The van der Waals surface area contributed by atoms with Gasteiger partial charge < -0.3 is 19.3 Å². The highest BCUT2D eigenvalue weighted by molar-refractivity contribution is 5.65. The highest BCUT2D eigenvalue weighted by Crippen LogP contribution is 2.35. The van der Waals surface area contributed by atoms with E-state index in [2.05, 4.69) is 30.9 Å². The number of aryl methyl sites for hydroxylation is 1. The van der Waals surface area contributed by atoms with Crippen LogP contribution in [0.2, 0.25) is 0 Å². The Labute approximate surface area is 209 Å². The topological polar surface area (TPSA) is 69.0 Å². The van der Waals surface area contributed by atoms with Gasteiger partial charge in [0.15, 0.2) is 0 Å². The summed E-state index contributed by atoms with van der Waals surface area (Å²) < 4.78 is 19.1. The number of nitrogens with zero attached hydrogens (tertiary/aromatic N) is 3. The van der Waals surface area contributed by atoms with Gasteiger partial charge in [-0.3, -0.25) is 4.90 Å². The second-order valence-corrected chi connectivity index (χ2v) is 9.12. The van der Waals surface area contributed by atoms with E-state index in [-0.39, 0.29) is 12.1 Å². The predicted octanol–water partition coefficient (Wildman–Crippen LogP) is 5.27. The summed E-state index contributed by atoms with van der Waals surface area (Å²) in [7, 11) is 3.54. The fourth-order valence-electron chi connectivity index (χ4n) is 3.89. The molecule has 0 aliphatic heterocycles. The van der Waals surface area contributed by atoms with Crippen LogP contribution in [-0.2, 0) is 18.3 Å². The zero-order chi connectivity index (χ0) is 25.4. The quantitative estimate of drug-likeness (QED) is 0.358. The Morgan fingerprint density at radius 2 is 1.66 bits per heavy atom. The summed E-state index contributed by atoms with van der Waals surface area (Å²) in [6, 6.07) is 17.9. The molecule has 0 saturated carbocycles. The van der Waals surface area contributed by atoms with Gasteiger partial charge in [0.25, 0.3) is 0 Å². The summed E-state index contributed by atoms with van der Waals surface area (Å²) in [5.74, 6) is 2.15. The fraction of sp³-hybridized carbons (Fsp3) is 0.464. The number of ether oxygens (including phenoxy) is 3. The van der Waals surface area contributed by atoms with Gasteiger partial charge in [0.05, 0.1) is 31.5 Å². The van der Waals surface area contributed by atoms with E-state index in [0.29, 0.717) is 31.3 Å². The van der Waals surface area contributed by atoms with Crippen LogP contribution in [0.5, 0.6) is 17.4 Å². The first-order chi connectivity index (χ1) is 16.8. The van der Waals surface area contributed by atoms with E-state index >= 15 is 0 Å². The molecule has 0 radical (unpaired) electrons. The summed E-state index contributed by atoms with van der Waals surface area (Å²) in [6.45, 7) is 9.67. The van der Waals surface area contributed by atoms with Crippen LogP contribution in [0.1, 0.15) is 39.7 Å². The number of hydrogen-bond acceptors (Lipinski definition) is 6. The van der Waals surface area contributed by atoms with Gasteiger partial charge in [-0.15, -0.1) is 0 Å². The number of methoxy groups -OCH3 is 1. The molecule has 3 aromatic rings. The average molecular weight is 482 g/mol. The van der Waals surface area contributed by atoms with Crippen molar-refractivity contribution in [3.05, 3.63) is 60.2 Å². The summed E-state index contributed by atoms with van der Waals surface area (Å²) in [5, 5.41) is 15.5. The molecule has 0 aliphatic carbocycles. The third-order valence-electron chi connectivity index (χ3n) is 6.05. The Hall–Kier alpha value is -2.87. The molecule has 1 heterocycles. The van der Waals surface area contributed by atoms with E-state index < -0.39 is 6.10 Å². The van der Waals surface area contributed by atoms with E-state index in [1.165, 1.54) is 0 Å². The molecule has 0 saturated heterocycles. The lowest BCUT2D eigenvalue weighted by Crippen LogP contribution is -2.40. The summed E-state index contributed by atoms with van der Waals surface area (Å²) in [5.41, 5.74) is 2.88. The van der Waals surface area contributed by atoms with E-state index in [0.717, 1.165) is 29.0 Å². The second kappa shape index (κ2) is 12.7. The van der Waals surface area contributed by atoms with Crippen molar-refractivity contribution in [1.29, 1.82) is 0 Å². The maximum absolute atomic E-state index is 10.7. The minimum absolute atomic E-state index is 0.0780. The summed E-state index contributed by atoms with van der Waals surface area (Å²) in [6.07, 6.45) is 0.441. The Morgan fingerprint density at radius 1 is 1.00 bits per heavy atom. The Kier molecular flexibility index (Phi) is 9.72. The van der Waals surface area contributed by atoms with Crippen molar-refractivity contribution in [2.75, 3.05) is 20.3 Å². The van der Waals surface area contributed by atoms with E-state index in [9.17, 15) is 5.11 Å². The van der Waals surface area contributed by atoms with Gasteiger partial charge in [-0.05, 0) is 51.5 Å². The van der Waals surface area contributed by atoms with Crippen molar-refractivity contribution < 1.29 is 19.3 Å². The van der Waals surface area contributed by atoms with Gasteiger partial charge in [0, 0.05) is 31.7 Å². The monoisotopic (exact) mass is 481 g/mol. The average Bonchev–Trinajstić information content (AvgIpc) is 3.17. The van der Waals surface area contributed by atoms with Crippen molar-refractivity contribution in [2.45, 2.75) is 58.9 Å². The van der Waals surface area contributed by atoms with E-state index in [1.807, 2.05) is 63.4 Å². The molecule has 2 aromatic carbocycles. The molecule has 2 atom stereocenters. The lowest BCUT2D eigenvalue weighted by Gasteiger charge is -2.31. The van der Waals surface area contributed by atoms with Gasteiger partial charge >= 0.3 is 0 Å². The molecule has 0 aliphatic rings. The van der Waals surface area contributed by atoms with E-state index in [4.69, 9.17) is 19.3 Å². The van der Waals surface area contributed by atoms with E-state index in [1.54, 1.807) is 11.8 Å². The summed E-state index contributed by atoms with van der Waals surface area (Å²) >= 11 is 0. The van der Waals surface area contributed by atoms with Crippen molar-refractivity contribution in [3.63, 3.8) is 0 Å². The molecular formula is C28H39N3O4. The number of hydrogen-bond donors (Lipinski definition) is 1. The van der Waals surface area contributed by atoms with Gasteiger partial charge in [-0.25, -0.2) is 4.68 Å². The molecular weight excluding hydrogens is 442 g/mol. The lowest BCUT2D eigenvalue weighted by molar-refractivity contribution is -0.0149. The maximum Gasteiger partial charge on any atom is 0.222 e. The van der Waals surface area contributed by atoms with Crippen LogP contribution in [-0.4, -0.2) is 58.3 Å². The molecule has 7 nitrogen and oxygen atoms in total. The lowest BCUT2D eigenvalue weighted by atomic mass is 10.1. The molecule has 7 heteroatoms. The molecule has 1 N–H and O–H groups in total. The van der Waals surface area contributed by atoms with Crippen LogP contribution in [0.4, 0.5) is 0 Å². The first-order valence-electron chi connectivity index (χ1n) is 12.3. The van der Waals surface area contributed by atoms with Gasteiger partial charge in [-0.2, -0.15) is 5.10 Å².